The third-order valence-corrected chi connectivity index (χ3v) is 5.46. The van der Waals surface area contributed by atoms with E-state index in [0.717, 1.165) is 31.4 Å². The van der Waals surface area contributed by atoms with E-state index in [0.29, 0.717) is 0 Å². The Morgan fingerprint density at radius 1 is 1.30 bits per heavy atom. The Hall–Kier alpha value is -1.16. The van der Waals surface area contributed by atoms with Crippen molar-refractivity contribution in [2.75, 3.05) is 6.26 Å². The second-order valence-electron chi connectivity index (χ2n) is 4.05. The summed E-state index contributed by atoms with van der Waals surface area (Å²) in [6, 6.07) is 1.79. The number of carboxylic acids is 1. The molecule has 0 aliphatic heterocycles. The maximum Gasteiger partial charge on any atom is 0.321 e. The molecule has 20 heavy (non-hydrogen) atoms. The molecule has 0 saturated heterocycles. The Bertz CT molecular complexity index is 741. The number of hydrogen-bond acceptors (Lipinski definition) is 5. The second-order valence-corrected chi connectivity index (χ2v) is 8.15. The van der Waals surface area contributed by atoms with Gasteiger partial charge in [-0.15, -0.1) is 0 Å². The molecule has 2 N–H and O–H groups in total. The van der Waals surface area contributed by atoms with Gasteiger partial charge >= 0.3 is 5.97 Å². The van der Waals surface area contributed by atoms with Gasteiger partial charge in [-0.25, -0.2) is 16.8 Å². The molecule has 0 bridgehead atoms. The molecule has 0 aromatic heterocycles. The average molecular weight is 342 g/mol. The monoisotopic (exact) mass is 341 g/mol. The van der Waals surface area contributed by atoms with E-state index in [4.69, 9.17) is 16.7 Å². The zero-order valence-corrected chi connectivity index (χ0v) is 12.9. The highest BCUT2D eigenvalue weighted by Crippen LogP contribution is 2.24. The zero-order valence-electron chi connectivity index (χ0n) is 10.5. The van der Waals surface area contributed by atoms with Gasteiger partial charge in [-0.2, -0.15) is 4.72 Å². The highest BCUT2D eigenvalue weighted by Gasteiger charge is 2.25. The number of benzene rings is 1. The van der Waals surface area contributed by atoms with Crippen LogP contribution in [-0.4, -0.2) is 40.2 Å². The van der Waals surface area contributed by atoms with Gasteiger partial charge in [0.2, 0.25) is 10.0 Å². The number of nitrogens with one attached hydrogen (secondary N) is 1. The summed E-state index contributed by atoms with van der Waals surface area (Å²) < 4.78 is 48.7. The summed E-state index contributed by atoms with van der Waals surface area (Å²) in [6.45, 7) is 1.13. The Morgan fingerprint density at radius 2 is 1.85 bits per heavy atom. The average Bonchev–Trinajstić information content (AvgIpc) is 2.26. The lowest BCUT2D eigenvalue weighted by Gasteiger charge is -2.12. The van der Waals surface area contributed by atoms with Gasteiger partial charge < -0.3 is 5.11 Å². The first-order valence-corrected chi connectivity index (χ1v) is 8.95. The minimum atomic E-state index is -4.25. The van der Waals surface area contributed by atoms with Crippen molar-refractivity contribution in [3.8, 4) is 0 Å². The van der Waals surface area contributed by atoms with Crippen LogP contribution in [0.5, 0.6) is 0 Å². The fourth-order valence-electron chi connectivity index (χ4n) is 1.27. The van der Waals surface area contributed by atoms with Gasteiger partial charge in [0.25, 0.3) is 0 Å². The molecule has 0 amide bonds. The zero-order chi connectivity index (χ0) is 15.7. The lowest BCUT2D eigenvalue weighted by Crippen LogP contribution is -2.38. The SMILES string of the molecule is C[C@H](NS(=O)(=O)c1cc(S(C)(=O)=O)ccc1Cl)C(=O)O. The van der Waals surface area contributed by atoms with Crippen LogP contribution in [-0.2, 0) is 24.7 Å². The van der Waals surface area contributed by atoms with Gasteiger partial charge in [-0.05, 0) is 25.1 Å². The van der Waals surface area contributed by atoms with Gasteiger partial charge in [0.15, 0.2) is 9.84 Å². The molecule has 0 aliphatic rings. The highest BCUT2D eigenvalue weighted by atomic mass is 35.5. The van der Waals surface area contributed by atoms with E-state index >= 15 is 0 Å². The van der Waals surface area contributed by atoms with E-state index in [1.165, 1.54) is 0 Å². The summed E-state index contributed by atoms with van der Waals surface area (Å²) in [5, 5.41) is 8.48. The van der Waals surface area contributed by atoms with Crippen molar-refractivity contribution in [2.24, 2.45) is 0 Å². The fraction of sp³-hybridized carbons (Fsp3) is 0.300. The van der Waals surface area contributed by atoms with Crippen molar-refractivity contribution in [1.82, 2.24) is 4.72 Å². The molecule has 1 atom stereocenters. The third kappa shape index (κ3) is 3.92. The van der Waals surface area contributed by atoms with Crippen molar-refractivity contribution < 1.29 is 26.7 Å². The van der Waals surface area contributed by atoms with Crippen molar-refractivity contribution in [2.45, 2.75) is 22.8 Å². The number of rotatable bonds is 5. The summed E-state index contributed by atoms with van der Waals surface area (Å²) in [6.07, 6.45) is 0.917. The maximum atomic E-state index is 12.0. The largest absolute Gasteiger partial charge is 0.480 e. The maximum absolute atomic E-state index is 12.0. The van der Waals surface area contributed by atoms with E-state index in [-0.39, 0.29) is 9.92 Å². The molecular formula is C10H12ClNO6S2. The normalized spacial score (nSPS) is 13.9. The van der Waals surface area contributed by atoms with Crippen molar-refractivity contribution in [3.05, 3.63) is 23.2 Å². The number of carbonyl (C=O) groups is 1. The van der Waals surface area contributed by atoms with Crippen molar-refractivity contribution in [3.63, 3.8) is 0 Å². The van der Waals surface area contributed by atoms with Crippen LogP contribution < -0.4 is 4.72 Å². The summed E-state index contributed by atoms with van der Waals surface area (Å²) in [4.78, 5) is 9.94. The number of aliphatic carboxylic acids is 1. The molecule has 1 aromatic rings. The summed E-state index contributed by atoms with van der Waals surface area (Å²) >= 11 is 5.73. The molecule has 112 valence electrons. The number of halogens is 1. The van der Waals surface area contributed by atoms with Crippen LogP contribution in [0.2, 0.25) is 5.02 Å². The summed E-state index contributed by atoms with van der Waals surface area (Å²) in [5.74, 6) is -1.37. The van der Waals surface area contributed by atoms with Crippen LogP contribution >= 0.6 is 11.6 Å². The highest BCUT2D eigenvalue weighted by molar-refractivity contribution is 7.91. The number of hydrogen-bond donors (Lipinski definition) is 2. The van der Waals surface area contributed by atoms with Crippen LogP contribution in [0, 0.1) is 0 Å². The number of sulfonamides is 1. The smallest absolute Gasteiger partial charge is 0.321 e. The molecule has 1 aromatic carbocycles. The predicted molar refractivity (Wildman–Crippen MR) is 72.0 cm³/mol. The Morgan fingerprint density at radius 3 is 2.30 bits per heavy atom. The predicted octanol–water partition coefficient (Wildman–Crippen LogP) is 0.495. The van der Waals surface area contributed by atoms with E-state index < -0.39 is 36.8 Å². The minimum absolute atomic E-state index is 0.206. The molecule has 0 unspecified atom stereocenters. The molecular weight excluding hydrogens is 330 g/mol. The first-order valence-electron chi connectivity index (χ1n) is 5.20. The van der Waals surface area contributed by atoms with E-state index in [9.17, 15) is 21.6 Å². The van der Waals surface area contributed by atoms with Crippen molar-refractivity contribution in [1.29, 1.82) is 0 Å². The van der Waals surface area contributed by atoms with Crippen molar-refractivity contribution >= 4 is 37.4 Å². The van der Waals surface area contributed by atoms with E-state index in [1.54, 1.807) is 0 Å². The fourth-order valence-corrected chi connectivity index (χ4v) is 3.71. The third-order valence-electron chi connectivity index (χ3n) is 2.32. The Kier molecular flexibility index (Phi) is 4.80. The molecule has 0 aliphatic carbocycles. The van der Waals surface area contributed by atoms with E-state index in [2.05, 4.69) is 0 Å². The first-order chi connectivity index (χ1) is 8.95. The summed E-state index contributed by atoms with van der Waals surface area (Å²) in [5.41, 5.74) is 0. The quantitative estimate of drug-likeness (QED) is 0.805. The standard InChI is InChI=1S/C10H12ClNO6S2/c1-6(10(13)14)12-20(17,18)9-5-7(19(2,15)16)3-4-8(9)11/h3-6,12H,1-2H3,(H,13,14)/t6-/m0/s1. The lowest BCUT2D eigenvalue weighted by atomic mass is 10.4. The lowest BCUT2D eigenvalue weighted by molar-refractivity contribution is -0.138. The van der Waals surface area contributed by atoms with Crippen LogP contribution in [0.15, 0.2) is 28.0 Å². The molecule has 7 nitrogen and oxygen atoms in total. The van der Waals surface area contributed by atoms with Gasteiger partial charge in [-0.3, -0.25) is 4.79 Å². The van der Waals surface area contributed by atoms with Gasteiger partial charge in [-0.1, -0.05) is 11.6 Å². The van der Waals surface area contributed by atoms with Gasteiger partial charge in [0, 0.05) is 6.26 Å². The number of carboxylic acid groups (broad SMARTS) is 1. The molecule has 0 fully saturated rings. The Balaban J connectivity index is 3.35. The van der Waals surface area contributed by atoms with Crippen LogP contribution in [0.1, 0.15) is 6.92 Å². The van der Waals surface area contributed by atoms with Gasteiger partial charge in [0.1, 0.15) is 10.9 Å². The topological polar surface area (TPSA) is 118 Å². The summed E-state index contributed by atoms with van der Waals surface area (Å²) in [7, 11) is -7.86. The van der Waals surface area contributed by atoms with Gasteiger partial charge in [0.05, 0.1) is 9.92 Å². The minimum Gasteiger partial charge on any atom is -0.480 e. The second kappa shape index (κ2) is 5.68. The first kappa shape index (κ1) is 16.9. The van der Waals surface area contributed by atoms with Crippen LogP contribution in [0.3, 0.4) is 0 Å². The van der Waals surface area contributed by atoms with Crippen LogP contribution in [0.25, 0.3) is 0 Å². The Labute approximate surface area is 121 Å². The van der Waals surface area contributed by atoms with E-state index in [1.807, 2.05) is 4.72 Å². The van der Waals surface area contributed by atoms with Crippen LogP contribution in [0.4, 0.5) is 0 Å². The number of sulfone groups is 1. The molecule has 0 saturated carbocycles. The molecule has 1 rings (SSSR count). The molecule has 10 heteroatoms. The molecule has 0 radical (unpaired) electrons. The molecule has 0 heterocycles. The molecule has 0 spiro atoms.